The summed E-state index contributed by atoms with van der Waals surface area (Å²) in [6.07, 6.45) is 1.52. The smallest absolute Gasteiger partial charge is 0.352 e. The first-order valence-electron chi connectivity index (χ1n) is 6.20. The van der Waals surface area contributed by atoms with Gasteiger partial charge in [0.15, 0.2) is 5.78 Å². The molecule has 0 aliphatic rings. The van der Waals surface area contributed by atoms with Gasteiger partial charge < -0.3 is 14.4 Å². The SMILES string of the molecule is CCOc1ccc(C(=O)c2cc(C(=O)O)n(C)c2)cc1. The van der Waals surface area contributed by atoms with Gasteiger partial charge in [-0.05, 0) is 37.3 Å². The molecule has 0 aliphatic heterocycles. The van der Waals surface area contributed by atoms with Gasteiger partial charge in [0.2, 0.25) is 0 Å². The Hall–Kier alpha value is -2.56. The maximum atomic E-state index is 12.3. The van der Waals surface area contributed by atoms with Crippen molar-refractivity contribution in [2.45, 2.75) is 6.92 Å². The number of aromatic carboxylic acids is 1. The molecule has 104 valence electrons. The molecule has 2 rings (SSSR count). The van der Waals surface area contributed by atoms with Crippen molar-refractivity contribution in [1.82, 2.24) is 4.57 Å². The van der Waals surface area contributed by atoms with Crippen LogP contribution in [0.25, 0.3) is 0 Å². The first-order valence-corrected chi connectivity index (χ1v) is 6.20. The Morgan fingerprint density at radius 2 is 1.85 bits per heavy atom. The van der Waals surface area contributed by atoms with Crippen molar-refractivity contribution >= 4 is 11.8 Å². The molecule has 0 fully saturated rings. The van der Waals surface area contributed by atoms with Gasteiger partial charge in [-0.1, -0.05) is 0 Å². The quantitative estimate of drug-likeness (QED) is 0.849. The average molecular weight is 273 g/mol. The summed E-state index contributed by atoms with van der Waals surface area (Å²) in [5.41, 5.74) is 0.935. The molecule has 1 aromatic heterocycles. The van der Waals surface area contributed by atoms with Crippen molar-refractivity contribution in [2.24, 2.45) is 7.05 Å². The van der Waals surface area contributed by atoms with E-state index in [0.29, 0.717) is 23.5 Å². The summed E-state index contributed by atoms with van der Waals surface area (Å²) in [6.45, 7) is 2.45. The lowest BCUT2D eigenvalue weighted by Gasteiger charge is -2.03. The summed E-state index contributed by atoms with van der Waals surface area (Å²) in [6, 6.07) is 8.15. The number of rotatable bonds is 5. The summed E-state index contributed by atoms with van der Waals surface area (Å²) in [5, 5.41) is 8.98. The molecule has 1 heterocycles. The fraction of sp³-hybridized carbons (Fsp3) is 0.200. The molecule has 1 N–H and O–H groups in total. The van der Waals surface area contributed by atoms with Gasteiger partial charge in [-0.2, -0.15) is 0 Å². The summed E-state index contributed by atoms with van der Waals surface area (Å²) in [7, 11) is 1.60. The van der Waals surface area contributed by atoms with Crippen LogP contribution in [0.5, 0.6) is 5.75 Å². The van der Waals surface area contributed by atoms with E-state index >= 15 is 0 Å². The van der Waals surface area contributed by atoms with Crippen molar-refractivity contribution in [3.63, 3.8) is 0 Å². The number of aromatic nitrogens is 1. The number of ether oxygens (including phenoxy) is 1. The van der Waals surface area contributed by atoms with Gasteiger partial charge in [-0.15, -0.1) is 0 Å². The third kappa shape index (κ3) is 2.71. The number of carboxylic acid groups (broad SMARTS) is 1. The maximum Gasteiger partial charge on any atom is 0.352 e. The van der Waals surface area contributed by atoms with Crippen LogP contribution in [0, 0.1) is 0 Å². The normalized spacial score (nSPS) is 10.3. The Bertz CT molecular complexity index is 640. The Balaban J connectivity index is 2.26. The van der Waals surface area contributed by atoms with Crippen molar-refractivity contribution < 1.29 is 19.4 Å². The molecule has 1 aromatic carbocycles. The molecule has 0 radical (unpaired) electrons. The molecule has 2 aromatic rings. The minimum absolute atomic E-state index is 0.0827. The molecule has 0 bridgehead atoms. The van der Waals surface area contributed by atoms with E-state index in [4.69, 9.17) is 9.84 Å². The largest absolute Gasteiger partial charge is 0.494 e. The molecule has 0 saturated heterocycles. The Morgan fingerprint density at radius 1 is 1.20 bits per heavy atom. The maximum absolute atomic E-state index is 12.3. The van der Waals surface area contributed by atoms with Gasteiger partial charge in [0, 0.05) is 24.4 Å². The van der Waals surface area contributed by atoms with Gasteiger partial charge in [-0.25, -0.2) is 4.79 Å². The lowest BCUT2D eigenvalue weighted by Crippen LogP contribution is -2.02. The third-order valence-electron chi connectivity index (χ3n) is 2.91. The van der Waals surface area contributed by atoms with Crippen LogP contribution >= 0.6 is 0 Å². The van der Waals surface area contributed by atoms with Crippen LogP contribution in [-0.2, 0) is 7.05 Å². The molecular formula is C15H15NO4. The molecule has 0 aliphatic carbocycles. The second kappa shape index (κ2) is 5.61. The number of carbonyl (C=O) groups excluding carboxylic acids is 1. The van der Waals surface area contributed by atoms with E-state index in [9.17, 15) is 9.59 Å². The zero-order valence-corrected chi connectivity index (χ0v) is 11.3. The van der Waals surface area contributed by atoms with E-state index in [2.05, 4.69) is 0 Å². The highest BCUT2D eigenvalue weighted by atomic mass is 16.5. The van der Waals surface area contributed by atoms with Gasteiger partial charge in [-0.3, -0.25) is 4.79 Å². The molecule has 5 nitrogen and oxygen atoms in total. The Labute approximate surface area is 116 Å². The Morgan fingerprint density at radius 3 is 2.35 bits per heavy atom. The van der Waals surface area contributed by atoms with Crippen LogP contribution in [-0.4, -0.2) is 28.0 Å². The lowest BCUT2D eigenvalue weighted by atomic mass is 10.1. The summed E-state index contributed by atoms with van der Waals surface area (Å²) in [5.74, 6) is -0.572. The molecule has 0 unspecified atom stereocenters. The topological polar surface area (TPSA) is 68.5 Å². The molecule has 20 heavy (non-hydrogen) atoms. The van der Waals surface area contributed by atoms with Crippen LogP contribution in [0.4, 0.5) is 0 Å². The fourth-order valence-electron chi connectivity index (χ4n) is 1.94. The monoisotopic (exact) mass is 273 g/mol. The van der Waals surface area contributed by atoms with Crippen molar-refractivity contribution in [3.05, 3.63) is 53.3 Å². The molecule has 0 amide bonds. The van der Waals surface area contributed by atoms with E-state index < -0.39 is 5.97 Å². The lowest BCUT2D eigenvalue weighted by molar-refractivity contribution is 0.0686. The van der Waals surface area contributed by atoms with Gasteiger partial charge >= 0.3 is 5.97 Å². The zero-order chi connectivity index (χ0) is 14.7. The fourth-order valence-corrected chi connectivity index (χ4v) is 1.94. The molecular weight excluding hydrogens is 258 g/mol. The van der Waals surface area contributed by atoms with Crippen LogP contribution in [0.3, 0.4) is 0 Å². The minimum Gasteiger partial charge on any atom is -0.494 e. The summed E-state index contributed by atoms with van der Waals surface area (Å²) >= 11 is 0. The number of aryl methyl sites for hydroxylation is 1. The minimum atomic E-state index is -1.06. The standard InChI is InChI=1S/C15H15NO4/c1-3-20-12-6-4-10(5-7-12)14(17)11-8-13(15(18)19)16(2)9-11/h4-9H,3H2,1-2H3,(H,18,19). The van der Waals surface area contributed by atoms with Gasteiger partial charge in [0.1, 0.15) is 11.4 Å². The first kappa shape index (κ1) is 13.9. The van der Waals surface area contributed by atoms with Crippen molar-refractivity contribution in [3.8, 4) is 5.75 Å². The van der Waals surface area contributed by atoms with E-state index in [1.165, 1.54) is 16.8 Å². The second-order valence-electron chi connectivity index (χ2n) is 4.32. The molecule has 0 atom stereocenters. The molecule has 0 spiro atoms. The van der Waals surface area contributed by atoms with Crippen LogP contribution in [0.15, 0.2) is 36.5 Å². The van der Waals surface area contributed by atoms with E-state index in [-0.39, 0.29) is 11.5 Å². The average Bonchev–Trinajstić information content (AvgIpc) is 2.81. The van der Waals surface area contributed by atoms with E-state index in [1.54, 1.807) is 31.3 Å². The second-order valence-corrected chi connectivity index (χ2v) is 4.32. The predicted molar refractivity (Wildman–Crippen MR) is 73.4 cm³/mol. The summed E-state index contributed by atoms with van der Waals surface area (Å²) in [4.78, 5) is 23.2. The van der Waals surface area contributed by atoms with Crippen molar-refractivity contribution in [2.75, 3.05) is 6.61 Å². The first-order chi connectivity index (χ1) is 9.52. The number of carboxylic acids is 1. The van der Waals surface area contributed by atoms with E-state index in [1.807, 2.05) is 6.92 Å². The number of ketones is 1. The van der Waals surface area contributed by atoms with Gasteiger partial charge in [0.25, 0.3) is 0 Å². The highest BCUT2D eigenvalue weighted by molar-refractivity contribution is 6.10. The van der Waals surface area contributed by atoms with E-state index in [0.717, 1.165) is 0 Å². The summed E-state index contributed by atoms with van der Waals surface area (Å²) < 4.78 is 6.73. The number of carbonyl (C=O) groups is 2. The van der Waals surface area contributed by atoms with Crippen LogP contribution in [0.1, 0.15) is 33.3 Å². The zero-order valence-electron chi connectivity index (χ0n) is 11.3. The number of nitrogens with zero attached hydrogens (tertiary/aromatic N) is 1. The number of benzene rings is 1. The third-order valence-corrected chi connectivity index (χ3v) is 2.91. The van der Waals surface area contributed by atoms with Crippen molar-refractivity contribution in [1.29, 1.82) is 0 Å². The number of hydrogen-bond acceptors (Lipinski definition) is 3. The van der Waals surface area contributed by atoms with Gasteiger partial charge in [0.05, 0.1) is 6.61 Å². The number of hydrogen-bond donors (Lipinski definition) is 1. The van der Waals surface area contributed by atoms with Crippen LogP contribution < -0.4 is 4.74 Å². The predicted octanol–water partition coefficient (Wildman–Crippen LogP) is 2.35. The highest BCUT2D eigenvalue weighted by Gasteiger charge is 2.16. The molecule has 0 saturated carbocycles. The molecule has 5 heteroatoms. The highest BCUT2D eigenvalue weighted by Crippen LogP contribution is 2.17. The van der Waals surface area contributed by atoms with Crippen LogP contribution in [0.2, 0.25) is 0 Å². The Kier molecular flexibility index (Phi) is 3.89.